The molecule has 148 valence electrons. The standard InChI is InChI=1S/C20H21N5O.2ClH/c1-3-12-25-18(23-16-8-6-10-21-20(16)25)14-24-13-11-22-19(24)15-7-4-5-9-17(15)26-2;;/h4-11,13H,3,12,14H2,1-2H3;2*1H. The summed E-state index contributed by atoms with van der Waals surface area (Å²) in [6.07, 6.45) is 6.63. The summed E-state index contributed by atoms with van der Waals surface area (Å²) in [7, 11) is 1.68. The topological polar surface area (TPSA) is 57.8 Å². The lowest BCUT2D eigenvalue weighted by Gasteiger charge is -2.12. The molecular weight excluding hydrogens is 397 g/mol. The molecule has 0 spiro atoms. The number of para-hydroxylation sites is 1. The number of hydrogen-bond donors (Lipinski definition) is 0. The molecule has 0 bridgehead atoms. The molecule has 0 unspecified atom stereocenters. The van der Waals surface area contributed by atoms with Gasteiger partial charge in [0.25, 0.3) is 0 Å². The molecule has 6 nitrogen and oxygen atoms in total. The summed E-state index contributed by atoms with van der Waals surface area (Å²) in [6.45, 7) is 3.68. The van der Waals surface area contributed by atoms with Crippen molar-refractivity contribution < 1.29 is 4.74 Å². The summed E-state index contributed by atoms with van der Waals surface area (Å²) in [6, 6.07) is 11.9. The van der Waals surface area contributed by atoms with Gasteiger partial charge in [-0.3, -0.25) is 0 Å². The first-order valence-electron chi connectivity index (χ1n) is 8.76. The van der Waals surface area contributed by atoms with E-state index in [1.54, 1.807) is 7.11 Å². The maximum atomic E-state index is 5.50. The predicted molar refractivity (Wildman–Crippen MR) is 116 cm³/mol. The lowest BCUT2D eigenvalue weighted by atomic mass is 10.2. The molecule has 4 rings (SSSR count). The van der Waals surface area contributed by atoms with Crippen molar-refractivity contribution in [3.63, 3.8) is 0 Å². The van der Waals surface area contributed by atoms with Gasteiger partial charge in [0.2, 0.25) is 0 Å². The summed E-state index contributed by atoms with van der Waals surface area (Å²) in [5.41, 5.74) is 2.83. The first-order chi connectivity index (χ1) is 12.8. The third-order valence-electron chi connectivity index (χ3n) is 4.41. The number of benzene rings is 1. The van der Waals surface area contributed by atoms with Crippen LogP contribution in [0.5, 0.6) is 5.75 Å². The van der Waals surface area contributed by atoms with Crippen LogP contribution < -0.4 is 4.74 Å². The van der Waals surface area contributed by atoms with E-state index in [4.69, 9.17) is 9.72 Å². The molecule has 0 radical (unpaired) electrons. The van der Waals surface area contributed by atoms with E-state index in [0.29, 0.717) is 6.54 Å². The van der Waals surface area contributed by atoms with Crippen LogP contribution in [0.4, 0.5) is 0 Å². The van der Waals surface area contributed by atoms with Gasteiger partial charge in [0.05, 0.1) is 19.2 Å². The summed E-state index contributed by atoms with van der Waals surface area (Å²) in [5, 5.41) is 0. The van der Waals surface area contributed by atoms with Crippen molar-refractivity contribution in [3.05, 3.63) is 60.8 Å². The number of hydrogen-bond acceptors (Lipinski definition) is 4. The Bertz CT molecular complexity index is 1040. The lowest BCUT2D eigenvalue weighted by Crippen LogP contribution is -2.10. The molecule has 0 aliphatic carbocycles. The largest absolute Gasteiger partial charge is 0.496 e. The number of fused-ring (bicyclic) bond motifs is 1. The number of rotatable bonds is 6. The molecule has 3 heterocycles. The van der Waals surface area contributed by atoms with Crippen LogP contribution in [0.25, 0.3) is 22.6 Å². The van der Waals surface area contributed by atoms with Crippen LogP contribution in [0, 0.1) is 0 Å². The maximum Gasteiger partial charge on any atom is 0.160 e. The second kappa shape index (κ2) is 9.57. The van der Waals surface area contributed by atoms with Crippen molar-refractivity contribution in [2.75, 3.05) is 7.11 Å². The highest BCUT2D eigenvalue weighted by atomic mass is 35.5. The zero-order chi connectivity index (χ0) is 17.9. The first kappa shape index (κ1) is 21.7. The van der Waals surface area contributed by atoms with E-state index < -0.39 is 0 Å². The molecule has 8 heteroatoms. The van der Waals surface area contributed by atoms with E-state index in [9.17, 15) is 0 Å². The van der Waals surface area contributed by atoms with Crippen molar-refractivity contribution in [3.8, 4) is 17.1 Å². The second-order valence-electron chi connectivity index (χ2n) is 6.10. The molecule has 1 aromatic carbocycles. The SMILES string of the molecule is CCCn1c(Cn2ccnc2-c2ccccc2OC)nc2cccnc21.Cl.Cl. The van der Waals surface area contributed by atoms with Gasteiger partial charge in [0, 0.05) is 25.1 Å². The van der Waals surface area contributed by atoms with Gasteiger partial charge in [-0.05, 0) is 30.7 Å². The zero-order valence-corrected chi connectivity index (χ0v) is 17.4. The molecular formula is C20H23Cl2N5O. The second-order valence-corrected chi connectivity index (χ2v) is 6.10. The molecule has 0 saturated carbocycles. The Hall–Kier alpha value is -2.57. The predicted octanol–water partition coefficient (Wildman–Crippen LogP) is 4.61. The molecule has 0 atom stereocenters. The van der Waals surface area contributed by atoms with Gasteiger partial charge in [-0.1, -0.05) is 19.1 Å². The van der Waals surface area contributed by atoms with E-state index >= 15 is 0 Å². The fourth-order valence-corrected chi connectivity index (χ4v) is 3.25. The number of ether oxygens (including phenoxy) is 1. The number of nitrogens with zero attached hydrogens (tertiary/aromatic N) is 5. The molecule has 3 aromatic heterocycles. The fraction of sp³-hybridized carbons (Fsp3) is 0.250. The Morgan fingerprint density at radius 2 is 1.82 bits per heavy atom. The summed E-state index contributed by atoms with van der Waals surface area (Å²) < 4.78 is 9.80. The highest BCUT2D eigenvalue weighted by molar-refractivity contribution is 5.85. The van der Waals surface area contributed by atoms with Crippen molar-refractivity contribution in [2.45, 2.75) is 26.4 Å². The highest BCUT2D eigenvalue weighted by Gasteiger charge is 2.15. The molecule has 0 saturated heterocycles. The summed E-state index contributed by atoms with van der Waals surface area (Å²) >= 11 is 0. The van der Waals surface area contributed by atoms with Crippen LogP contribution in [-0.2, 0) is 13.1 Å². The quantitative estimate of drug-likeness (QED) is 0.457. The van der Waals surface area contributed by atoms with Gasteiger partial charge < -0.3 is 13.9 Å². The van der Waals surface area contributed by atoms with Crippen LogP contribution in [-0.4, -0.2) is 31.2 Å². The van der Waals surface area contributed by atoms with Crippen LogP contribution in [0.3, 0.4) is 0 Å². The normalized spacial score (nSPS) is 10.4. The van der Waals surface area contributed by atoms with E-state index in [1.165, 1.54) is 0 Å². The fourth-order valence-electron chi connectivity index (χ4n) is 3.25. The van der Waals surface area contributed by atoms with E-state index in [2.05, 4.69) is 26.0 Å². The highest BCUT2D eigenvalue weighted by Crippen LogP contribution is 2.28. The number of imidazole rings is 2. The average Bonchev–Trinajstić information content (AvgIpc) is 3.27. The van der Waals surface area contributed by atoms with Gasteiger partial charge >= 0.3 is 0 Å². The molecule has 0 aliphatic rings. The van der Waals surface area contributed by atoms with Gasteiger partial charge in [-0.25, -0.2) is 15.0 Å². The summed E-state index contributed by atoms with van der Waals surface area (Å²) in [4.78, 5) is 13.9. The number of aromatic nitrogens is 5. The molecule has 0 amide bonds. The molecule has 0 fully saturated rings. The third kappa shape index (κ3) is 3.98. The monoisotopic (exact) mass is 419 g/mol. The van der Waals surface area contributed by atoms with Crippen molar-refractivity contribution in [2.24, 2.45) is 0 Å². The minimum absolute atomic E-state index is 0. The molecule has 4 aromatic rings. The average molecular weight is 420 g/mol. The number of halogens is 2. The molecule has 28 heavy (non-hydrogen) atoms. The minimum atomic E-state index is 0. The van der Waals surface area contributed by atoms with Crippen LogP contribution >= 0.6 is 24.8 Å². The van der Waals surface area contributed by atoms with Crippen LogP contribution in [0.15, 0.2) is 55.0 Å². The van der Waals surface area contributed by atoms with Crippen LogP contribution in [0.1, 0.15) is 19.2 Å². The Kier molecular flexibility index (Phi) is 7.43. The van der Waals surface area contributed by atoms with Crippen molar-refractivity contribution in [1.29, 1.82) is 0 Å². The Balaban J connectivity index is 0.00000140. The van der Waals surface area contributed by atoms with Gasteiger partial charge in [0.15, 0.2) is 5.65 Å². The lowest BCUT2D eigenvalue weighted by molar-refractivity contribution is 0.416. The van der Waals surface area contributed by atoms with Gasteiger partial charge in [0.1, 0.15) is 22.9 Å². The van der Waals surface area contributed by atoms with E-state index in [1.807, 2.05) is 55.0 Å². The zero-order valence-electron chi connectivity index (χ0n) is 15.8. The first-order valence-corrected chi connectivity index (χ1v) is 8.76. The third-order valence-corrected chi connectivity index (χ3v) is 4.41. The van der Waals surface area contributed by atoms with Crippen molar-refractivity contribution in [1.82, 2.24) is 24.1 Å². The Morgan fingerprint density at radius 3 is 2.61 bits per heavy atom. The molecule has 0 aliphatic heterocycles. The van der Waals surface area contributed by atoms with Crippen molar-refractivity contribution >= 4 is 36.0 Å². The number of aryl methyl sites for hydroxylation is 1. The van der Waals surface area contributed by atoms with Gasteiger partial charge in [-0.15, -0.1) is 24.8 Å². The smallest absolute Gasteiger partial charge is 0.160 e. The van der Waals surface area contributed by atoms with E-state index in [-0.39, 0.29) is 24.8 Å². The maximum absolute atomic E-state index is 5.50. The van der Waals surface area contributed by atoms with E-state index in [0.717, 1.165) is 47.1 Å². The minimum Gasteiger partial charge on any atom is -0.496 e. The van der Waals surface area contributed by atoms with Crippen LogP contribution in [0.2, 0.25) is 0 Å². The van der Waals surface area contributed by atoms with Gasteiger partial charge in [-0.2, -0.15) is 0 Å². The molecule has 0 N–H and O–H groups in total. The number of methoxy groups -OCH3 is 1. The Labute approximate surface area is 176 Å². The number of pyridine rings is 1. The Morgan fingerprint density at radius 1 is 1.00 bits per heavy atom. The summed E-state index contributed by atoms with van der Waals surface area (Å²) in [5.74, 6) is 2.66.